The highest BCUT2D eigenvalue weighted by atomic mass is 16.5. The Kier molecular flexibility index (Phi) is 5.16. The fourth-order valence-corrected chi connectivity index (χ4v) is 4.42. The van der Waals surface area contributed by atoms with Crippen molar-refractivity contribution >= 4 is 23.2 Å². The van der Waals surface area contributed by atoms with Crippen molar-refractivity contribution in [1.29, 1.82) is 0 Å². The number of hydrogen-bond acceptors (Lipinski definition) is 5. The van der Waals surface area contributed by atoms with Gasteiger partial charge in [0.1, 0.15) is 6.10 Å². The molecule has 1 unspecified atom stereocenters. The Morgan fingerprint density at radius 2 is 1.96 bits per heavy atom. The normalized spacial score (nSPS) is 26.1. The van der Waals surface area contributed by atoms with Crippen molar-refractivity contribution in [1.82, 2.24) is 10.6 Å². The van der Waals surface area contributed by atoms with Crippen LogP contribution in [0.25, 0.3) is 0 Å². The highest BCUT2D eigenvalue weighted by Gasteiger charge is 2.37. The molecule has 1 aromatic carbocycles. The number of anilines is 2. The second-order valence-corrected chi connectivity index (χ2v) is 7.72. The van der Waals surface area contributed by atoms with Crippen molar-refractivity contribution in [2.45, 2.75) is 44.8 Å². The zero-order valence-corrected chi connectivity index (χ0v) is 16.0. The van der Waals surface area contributed by atoms with E-state index in [4.69, 9.17) is 4.74 Å². The van der Waals surface area contributed by atoms with E-state index in [1.165, 1.54) is 5.56 Å². The van der Waals surface area contributed by atoms with E-state index >= 15 is 0 Å². The topological polar surface area (TPSA) is 73.9 Å². The second-order valence-electron chi connectivity index (χ2n) is 7.72. The molecule has 0 spiro atoms. The first-order chi connectivity index (χ1) is 13.1. The molecule has 3 heterocycles. The molecule has 0 saturated carbocycles. The molecule has 2 amide bonds. The molecule has 7 heteroatoms. The number of ether oxygens (including phenoxy) is 1. The largest absolute Gasteiger partial charge is 0.368 e. The van der Waals surface area contributed by atoms with Crippen LogP contribution in [0.5, 0.6) is 0 Å². The van der Waals surface area contributed by atoms with Crippen LogP contribution in [0, 0.1) is 0 Å². The van der Waals surface area contributed by atoms with Gasteiger partial charge in [-0.2, -0.15) is 0 Å². The maximum absolute atomic E-state index is 13.1. The predicted molar refractivity (Wildman–Crippen MR) is 104 cm³/mol. The number of carbonyl (C=O) groups excluding carboxylic acids is 2. The van der Waals surface area contributed by atoms with Gasteiger partial charge in [0.25, 0.3) is 5.91 Å². The molecule has 3 aliphatic heterocycles. The maximum atomic E-state index is 13.1. The average molecular weight is 372 g/mol. The molecule has 2 saturated heterocycles. The Balaban J connectivity index is 1.72. The number of nitrogens with one attached hydrogen (secondary N) is 2. The van der Waals surface area contributed by atoms with Gasteiger partial charge in [-0.15, -0.1) is 0 Å². The van der Waals surface area contributed by atoms with Crippen molar-refractivity contribution in [2.75, 3.05) is 42.7 Å². The summed E-state index contributed by atoms with van der Waals surface area (Å²) in [5, 5.41) is 6.70. The second kappa shape index (κ2) is 7.58. The van der Waals surface area contributed by atoms with Crippen molar-refractivity contribution in [3.05, 3.63) is 23.8 Å². The SMILES string of the molecule is CC(=O)N1c2ccc(C3CNCNC3)cc2N(C(=O)C2CCCO2)C[C@@H]1C. The molecule has 1 aromatic rings. The standard InChI is InChI=1S/C20H28N4O3/c1-13-11-23(20(26)19-4-3-7-27-19)18-8-15(16-9-21-12-22-10-16)5-6-17(18)24(13)14(2)25/h5-6,8,13,16,19,21-22H,3-4,7,9-12H2,1-2H3/t13-,19?/m0/s1. The predicted octanol–water partition coefficient (Wildman–Crippen LogP) is 1.19. The van der Waals surface area contributed by atoms with Crippen molar-refractivity contribution in [2.24, 2.45) is 0 Å². The summed E-state index contributed by atoms with van der Waals surface area (Å²) in [7, 11) is 0. The summed E-state index contributed by atoms with van der Waals surface area (Å²) in [6, 6.07) is 6.10. The summed E-state index contributed by atoms with van der Waals surface area (Å²) in [6.07, 6.45) is 1.33. The molecule has 0 aliphatic carbocycles. The fourth-order valence-electron chi connectivity index (χ4n) is 4.42. The molecule has 0 radical (unpaired) electrons. The highest BCUT2D eigenvalue weighted by molar-refractivity contribution is 6.05. The van der Waals surface area contributed by atoms with Gasteiger partial charge in [0.15, 0.2) is 0 Å². The molecule has 7 nitrogen and oxygen atoms in total. The van der Waals surface area contributed by atoms with Gasteiger partial charge < -0.3 is 25.2 Å². The van der Waals surface area contributed by atoms with Crippen LogP contribution in [0.4, 0.5) is 11.4 Å². The molecule has 2 atom stereocenters. The van der Waals surface area contributed by atoms with Gasteiger partial charge in [-0.05, 0) is 37.5 Å². The van der Waals surface area contributed by atoms with Gasteiger partial charge >= 0.3 is 0 Å². The molecule has 146 valence electrons. The van der Waals surface area contributed by atoms with Crippen LogP contribution in [0.1, 0.15) is 38.2 Å². The molecule has 0 bridgehead atoms. The van der Waals surface area contributed by atoms with E-state index in [-0.39, 0.29) is 24.0 Å². The van der Waals surface area contributed by atoms with E-state index in [1.54, 1.807) is 11.8 Å². The monoisotopic (exact) mass is 372 g/mol. The van der Waals surface area contributed by atoms with E-state index in [0.29, 0.717) is 19.1 Å². The summed E-state index contributed by atoms with van der Waals surface area (Å²) in [5.41, 5.74) is 2.82. The van der Waals surface area contributed by atoms with Crippen LogP contribution in [0.2, 0.25) is 0 Å². The average Bonchev–Trinajstić information content (AvgIpc) is 3.21. The molecule has 4 rings (SSSR count). The first kappa shape index (κ1) is 18.4. The number of rotatable bonds is 2. The van der Waals surface area contributed by atoms with E-state index < -0.39 is 0 Å². The Morgan fingerprint density at radius 1 is 1.19 bits per heavy atom. The highest BCUT2D eigenvalue weighted by Crippen LogP contribution is 2.39. The van der Waals surface area contributed by atoms with Crippen molar-refractivity contribution in [3.63, 3.8) is 0 Å². The summed E-state index contributed by atoms with van der Waals surface area (Å²) in [5.74, 6) is 0.358. The van der Waals surface area contributed by atoms with E-state index in [1.807, 2.05) is 17.9 Å². The Hall–Kier alpha value is -1.96. The third kappa shape index (κ3) is 3.47. The van der Waals surface area contributed by atoms with Gasteiger partial charge in [-0.1, -0.05) is 6.07 Å². The molecular weight excluding hydrogens is 344 g/mol. The maximum Gasteiger partial charge on any atom is 0.256 e. The lowest BCUT2D eigenvalue weighted by Gasteiger charge is -2.42. The van der Waals surface area contributed by atoms with Crippen LogP contribution in [-0.2, 0) is 14.3 Å². The number of benzene rings is 1. The number of nitrogens with zero attached hydrogens (tertiary/aromatic N) is 2. The molecule has 2 fully saturated rings. The lowest BCUT2D eigenvalue weighted by atomic mass is 9.95. The zero-order valence-electron chi connectivity index (χ0n) is 16.0. The Labute approximate surface area is 160 Å². The molecule has 3 aliphatic rings. The lowest BCUT2D eigenvalue weighted by molar-refractivity contribution is -0.127. The summed E-state index contributed by atoms with van der Waals surface area (Å²) in [4.78, 5) is 29.1. The van der Waals surface area contributed by atoms with E-state index in [9.17, 15) is 9.59 Å². The van der Waals surface area contributed by atoms with Gasteiger partial charge in [0.05, 0.1) is 17.4 Å². The first-order valence-electron chi connectivity index (χ1n) is 9.84. The van der Waals surface area contributed by atoms with Crippen molar-refractivity contribution < 1.29 is 14.3 Å². The Morgan fingerprint density at radius 3 is 2.63 bits per heavy atom. The number of amides is 2. The van der Waals surface area contributed by atoms with Crippen LogP contribution in [0.15, 0.2) is 18.2 Å². The molecule has 0 aromatic heterocycles. The summed E-state index contributed by atoms with van der Waals surface area (Å²) in [6.45, 7) is 7.34. The third-order valence-electron chi connectivity index (χ3n) is 5.75. The first-order valence-corrected chi connectivity index (χ1v) is 9.84. The lowest BCUT2D eigenvalue weighted by Crippen LogP contribution is -2.53. The Bertz CT molecular complexity index is 726. The minimum Gasteiger partial charge on any atom is -0.368 e. The van der Waals surface area contributed by atoms with Gasteiger partial charge in [-0.25, -0.2) is 0 Å². The van der Waals surface area contributed by atoms with Crippen LogP contribution < -0.4 is 20.4 Å². The van der Waals surface area contributed by atoms with Crippen LogP contribution in [-0.4, -0.2) is 56.9 Å². The number of hydrogen-bond donors (Lipinski definition) is 2. The smallest absolute Gasteiger partial charge is 0.256 e. The molecular formula is C20H28N4O3. The van der Waals surface area contributed by atoms with E-state index in [2.05, 4.69) is 22.8 Å². The summed E-state index contributed by atoms with van der Waals surface area (Å²) < 4.78 is 5.65. The third-order valence-corrected chi connectivity index (χ3v) is 5.75. The number of carbonyl (C=O) groups is 2. The van der Waals surface area contributed by atoms with E-state index in [0.717, 1.165) is 44.0 Å². The van der Waals surface area contributed by atoms with Gasteiger partial charge in [-0.3, -0.25) is 9.59 Å². The fraction of sp³-hybridized carbons (Fsp3) is 0.600. The van der Waals surface area contributed by atoms with Gasteiger partial charge in [0, 0.05) is 45.8 Å². The quantitative estimate of drug-likeness (QED) is 0.816. The zero-order chi connectivity index (χ0) is 19.0. The van der Waals surface area contributed by atoms with Crippen molar-refractivity contribution in [3.8, 4) is 0 Å². The van der Waals surface area contributed by atoms with Crippen LogP contribution in [0.3, 0.4) is 0 Å². The minimum absolute atomic E-state index is 0.00159. The van der Waals surface area contributed by atoms with Crippen LogP contribution >= 0.6 is 0 Å². The number of fused-ring (bicyclic) bond motifs is 1. The minimum atomic E-state index is -0.365. The van der Waals surface area contributed by atoms with Gasteiger partial charge in [0.2, 0.25) is 5.91 Å². The summed E-state index contributed by atoms with van der Waals surface area (Å²) >= 11 is 0. The molecule has 27 heavy (non-hydrogen) atoms. The molecule has 2 N–H and O–H groups in total.